The summed E-state index contributed by atoms with van der Waals surface area (Å²) in [6, 6.07) is 10.7. The average Bonchev–Trinajstić information content (AvgIpc) is 3.37. The van der Waals surface area contributed by atoms with E-state index in [9.17, 15) is 13.6 Å². The highest BCUT2D eigenvalue weighted by molar-refractivity contribution is 5.79. The summed E-state index contributed by atoms with van der Waals surface area (Å²) in [5.41, 5.74) is 2.37. The number of aromatic nitrogens is 3. The highest BCUT2D eigenvalue weighted by Gasteiger charge is 2.39. The molecule has 3 atom stereocenters. The highest BCUT2D eigenvalue weighted by atomic mass is 19.3. The molecule has 3 aliphatic rings. The molecule has 1 aliphatic carbocycles. The lowest BCUT2D eigenvalue weighted by atomic mass is 9.86. The van der Waals surface area contributed by atoms with Crippen molar-refractivity contribution in [3.8, 4) is 0 Å². The summed E-state index contributed by atoms with van der Waals surface area (Å²) >= 11 is 0. The molecule has 5 rings (SSSR count). The van der Waals surface area contributed by atoms with Gasteiger partial charge in [0.05, 0.1) is 6.04 Å². The molecule has 0 radical (unpaired) electrons. The summed E-state index contributed by atoms with van der Waals surface area (Å²) in [5, 5.41) is 12.0. The topological polar surface area (TPSA) is 63.1 Å². The first-order chi connectivity index (χ1) is 17.7. The third kappa shape index (κ3) is 5.64. The van der Waals surface area contributed by atoms with Crippen LogP contribution in [0.4, 0.5) is 8.78 Å². The molecule has 2 unspecified atom stereocenters. The molecule has 2 aromatic rings. The van der Waals surface area contributed by atoms with Gasteiger partial charge in [-0.2, -0.15) is 0 Å². The van der Waals surface area contributed by atoms with E-state index in [0.717, 1.165) is 49.4 Å². The maximum absolute atomic E-state index is 13.6. The predicted octanol–water partition coefficient (Wildman–Crippen LogP) is 5.86. The van der Waals surface area contributed by atoms with E-state index < -0.39 is 5.92 Å². The third-order valence-electron chi connectivity index (χ3n) is 8.46. The van der Waals surface area contributed by atoms with Gasteiger partial charge in [-0.1, -0.05) is 44.2 Å². The Labute approximate surface area is 218 Å². The van der Waals surface area contributed by atoms with E-state index in [2.05, 4.69) is 44.9 Å². The van der Waals surface area contributed by atoms with Crippen molar-refractivity contribution in [2.45, 2.75) is 102 Å². The number of rotatable bonds is 8. The second-order valence-corrected chi connectivity index (χ2v) is 11.4. The maximum atomic E-state index is 13.6. The van der Waals surface area contributed by atoms with E-state index in [1.54, 1.807) is 0 Å². The van der Waals surface area contributed by atoms with Crippen LogP contribution in [0.5, 0.6) is 0 Å². The van der Waals surface area contributed by atoms with Crippen LogP contribution in [0, 0.1) is 12.8 Å². The minimum Gasteiger partial charge on any atom is -0.349 e. The van der Waals surface area contributed by atoms with Crippen LogP contribution in [-0.4, -0.2) is 50.1 Å². The van der Waals surface area contributed by atoms with Gasteiger partial charge in [-0.15, -0.1) is 10.2 Å². The average molecular weight is 512 g/mol. The number of halogens is 2. The second-order valence-electron chi connectivity index (χ2n) is 11.4. The Balaban J connectivity index is 1.28. The number of amides is 1. The van der Waals surface area contributed by atoms with E-state index in [-0.39, 0.29) is 43.6 Å². The SMILES string of the molecule is Cc1nnc(C(C)C)n1C1=CC2CCC(C1)N2CC[C@H](NC(=O)C1CCC(F)(F)CC1)c1ccccc1. The fraction of sp³-hybridized carbons (Fsp3) is 0.621. The van der Waals surface area contributed by atoms with Crippen LogP contribution in [-0.2, 0) is 4.79 Å². The van der Waals surface area contributed by atoms with Gasteiger partial charge in [-0.05, 0) is 50.7 Å². The summed E-state index contributed by atoms with van der Waals surface area (Å²) in [5.74, 6) is -0.777. The molecule has 2 bridgehead atoms. The standard InChI is InChI=1S/C29H39F2N5O/c1-19(2)27-34-33-20(3)36(27)25-17-23-9-10-24(18-25)35(23)16-13-26(21-7-5-4-6-8-21)32-28(37)22-11-14-29(30,31)15-12-22/h4-8,17,19,22-24,26H,9-16,18H2,1-3H3,(H,32,37)/t23?,24?,26-/m0/s1. The van der Waals surface area contributed by atoms with Gasteiger partial charge in [0, 0.05) is 55.4 Å². The Morgan fingerprint density at radius 1 is 1.11 bits per heavy atom. The minimum absolute atomic E-state index is 0.0857. The lowest BCUT2D eigenvalue weighted by Crippen LogP contribution is -2.42. The molecule has 1 aromatic carbocycles. The third-order valence-corrected chi connectivity index (χ3v) is 8.46. The molecule has 1 saturated carbocycles. The first kappa shape index (κ1) is 26.0. The van der Waals surface area contributed by atoms with Gasteiger partial charge in [0.1, 0.15) is 11.6 Å². The van der Waals surface area contributed by atoms with E-state index in [4.69, 9.17) is 0 Å². The minimum atomic E-state index is -2.63. The predicted molar refractivity (Wildman–Crippen MR) is 140 cm³/mol. The summed E-state index contributed by atoms with van der Waals surface area (Å²) in [7, 11) is 0. The molecule has 8 heteroatoms. The molecule has 1 N–H and O–H groups in total. The molecule has 1 aromatic heterocycles. The molecule has 200 valence electrons. The van der Waals surface area contributed by atoms with Gasteiger partial charge in [0.15, 0.2) is 0 Å². The first-order valence-corrected chi connectivity index (χ1v) is 13.8. The van der Waals surface area contributed by atoms with Crippen molar-refractivity contribution in [2.24, 2.45) is 5.92 Å². The van der Waals surface area contributed by atoms with Crippen LogP contribution in [0.2, 0.25) is 0 Å². The number of nitrogens with one attached hydrogen (secondary N) is 1. The number of carbonyl (C=O) groups is 1. The van der Waals surface area contributed by atoms with Crippen LogP contribution in [0.25, 0.3) is 5.70 Å². The normalized spacial score (nSPS) is 24.8. The van der Waals surface area contributed by atoms with Gasteiger partial charge in [-0.3, -0.25) is 14.3 Å². The largest absolute Gasteiger partial charge is 0.349 e. The van der Waals surface area contributed by atoms with Crippen LogP contribution < -0.4 is 5.32 Å². The second kappa shape index (κ2) is 10.6. The number of alkyl halides is 2. The van der Waals surface area contributed by atoms with Gasteiger partial charge in [0.25, 0.3) is 0 Å². The van der Waals surface area contributed by atoms with E-state index in [1.807, 2.05) is 37.3 Å². The van der Waals surface area contributed by atoms with E-state index >= 15 is 0 Å². The van der Waals surface area contributed by atoms with Gasteiger partial charge < -0.3 is 5.32 Å². The Hall–Kier alpha value is -2.61. The number of aryl methyl sites for hydroxylation is 1. The number of hydrogen-bond acceptors (Lipinski definition) is 4. The van der Waals surface area contributed by atoms with Crippen LogP contribution >= 0.6 is 0 Å². The molecule has 1 saturated heterocycles. The molecule has 2 aliphatic heterocycles. The zero-order valence-electron chi connectivity index (χ0n) is 22.2. The molecular weight excluding hydrogens is 472 g/mol. The number of benzene rings is 1. The lowest BCUT2D eigenvalue weighted by molar-refractivity contribution is -0.130. The van der Waals surface area contributed by atoms with Crippen LogP contribution in [0.3, 0.4) is 0 Å². The van der Waals surface area contributed by atoms with Crippen molar-refractivity contribution in [1.82, 2.24) is 25.0 Å². The summed E-state index contributed by atoms with van der Waals surface area (Å²) in [4.78, 5) is 15.7. The van der Waals surface area contributed by atoms with Crippen molar-refractivity contribution >= 4 is 11.6 Å². The van der Waals surface area contributed by atoms with Crippen molar-refractivity contribution < 1.29 is 13.6 Å². The zero-order chi connectivity index (χ0) is 26.2. The summed E-state index contributed by atoms with van der Waals surface area (Å²) in [6.45, 7) is 7.21. The van der Waals surface area contributed by atoms with E-state index in [1.165, 1.54) is 5.70 Å². The molecule has 3 heterocycles. The van der Waals surface area contributed by atoms with Gasteiger partial charge in [0.2, 0.25) is 11.8 Å². The number of nitrogens with zero attached hydrogens (tertiary/aromatic N) is 4. The van der Waals surface area contributed by atoms with Crippen molar-refractivity contribution in [3.05, 3.63) is 53.6 Å². The van der Waals surface area contributed by atoms with Crippen molar-refractivity contribution in [1.29, 1.82) is 0 Å². The monoisotopic (exact) mass is 511 g/mol. The summed E-state index contributed by atoms with van der Waals surface area (Å²) in [6.07, 6.45) is 6.55. The van der Waals surface area contributed by atoms with Gasteiger partial charge >= 0.3 is 0 Å². The smallest absolute Gasteiger partial charge is 0.248 e. The molecule has 6 nitrogen and oxygen atoms in total. The van der Waals surface area contributed by atoms with Gasteiger partial charge in [-0.25, -0.2) is 8.78 Å². The Bertz CT molecular complexity index is 1120. The fourth-order valence-electron chi connectivity index (χ4n) is 6.39. The van der Waals surface area contributed by atoms with E-state index in [0.29, 0.717) is 18.0 Å². The maximum Gasteiger partial charge on any atom is 0.248 e. The fourth-order valence-corrected chi connectivity index (χ4v) is 6.39. The molecular formula is C29H39F2N5O. The number of carbonyl (C=O) groups excluding carboxylic acids is 1. The molecule has 1 amide bonds. The Morgan fingerprint density at radius 2 is 1.84 bits per heavy atom. The number of hydrogen-bond donors (Lipinski definition) is 1. The highest BCUT2D eigenvalue weighted by Crippen LogP contribution is 2.39. The summed E-state index contributed by atoms with van der Waals surface area (Å²) < 4.78 is 29.5. The molecule has 37 heavy (non-hydrogen) atoms. The number of fused-ring (bicyclic) bond motifs is 2. The molecule has 2 fully saturated rings. The first-order valence-electron chi connectivity index (χ1n) is 13.8. The Kier molecular flexibility index (Phi) is 7.48. The lowest BCUT2D eigenvalue weighted by Gasteiger charge is -2.36. The van der Waals surface area contributed by atoms with Crippen LogP contribution in [0.15, 0.2) is 36.4 Å². The van der Waals surface area contributed by atoms with Crippen LogP contribution in [0.1, 0.15) is 94.4 Å². The van der Waals surface area contributed by atoms with Crippen molar-refractivity contribution in [2.75, 3.05) is 6.54 Å². The quantitative estimate of drug-likeness (QED) is 0.482. The van der Waals surface area contributed by atoms with Crippen molar-refractivity contribution in [3.63, 3.8) is 0 Å². The Morgan fingerprint density at radius 3 is 2.51 bits per heavy atom. The zero-order valence-corrected chi connectivity index (χ0v) is 22.2. The molecule has 0 spiro atoms.